The minimum Gasteiger partial charge on any atom is -0.748 e. The Morgan fingerprint density at radius 3 is 1.92 bits per heavy atom. The number of amidine groups is 1. The predicted molar refractivity (Wildman–Crippen MR) is 259 cm³/mol. The fourth-order valence-corrected chi connectivity index (χ4v) is 9.49. The van der Waals surface area contributed by atoms with Crippen LogP contribution in [-0.2, 0) is 47.1 Å². The van der Waals surface area contributed by atoms with E-state index in [0.717, 1.165) is 63.5 Å². The molecule has 0 aliphatic carbocycles. The van der Waals surface area contributed by atoms with Crippen LogP contribution in [0.25, 0.3) is 16.7 Å². The van der Waals surface area contributed by atoms with E-state index >= 15 is 0 Å². The molecule has 0 fully saturated rings. The van der Waals surface area contributed by atoms with Crippen LogP contribution < -0.4 is 117 Å². The molecule has 0 radical (unpaired) electrons. The number of hydrogen-bond acceptors (Lipinski definition) is 15. The molecule has 0 amide bonds. The van der Waals surface area contributed by atoms with Crippen molar-refractivity contribution in [2.45, 2.75) is 96.8 Å². The van der Waals surface area contributed by atoms with E-state index in [9.17, 15) is 48.8 Å². The molecule has 1 unspecified atom stereocenters. The summed E-state index contributed by atoms with van der Waals surface area (Å²) < 4.78 is 115. The van der Waals surface area contributed by atoms with Gasteiger partial charge in [0.15, 0.2) is 5.71 Å². The molecule has 3 aliphatic heterocycles. The minimum absolute atomic E-state index is 0. The maximum Gasteiger partial charge on any atom is 1.00 e. The van der Waals surface area contributed by atoms with Crippen molar-refractivity contribution >= 4 is 59.3 Å². The number of aryl methyl sites for hydroxylation is 1. The molecule has 1 N–H and O–H groups in total. The van der Waals surface area contributed by atoms with Gasteiger partial charge in [0.2, 0.25) is 0 Å². The van der Waals surface area contributed by atoms with Crippen LogP contribution in [-0.4, -0.2) is 103 Å². The molecule has 1 atom stereocenters. The van der Waals surface area contributed by atoms with Crippen LogP contribution >= 0.6 is 0 Å². The summed E-state index contributed by atoms with van der Waals surface area (Å²) in [4.78, 5) is 23.3. The first-order chi connectivity index (χ1) is 32.3. The number of aromatic nitrogens is 1. The zero-order chi connectivity index (χ0) is 50.4. The van der Waals surface area contributed by atoms with Gasteiger partial charge in [-0.1, -0.05) is 44.2 Å². The number of benzene rings is 2. The van der Waals surface area contributed by atoms with Crippen molar-refractivity contribution in [3.63, 3.8) is 0 Å². The van der Waals surface area contributed by atoms with Gasteiger partial charge in [0.25, 0.3) is 0 Å². The summed E-state index contributed by atoms with van der Waals surface area (Å²) in [6.45, 7) is 10.6. The van der Waals surface area contributed by atoms with E-state index in [2.05, 4.69) is 24.5 Å². The van der Waals surface area contributed by atoms with Crippen molar-refractivity contribution in [2.24, 2.45) is 15.4 Å². The second kappa shape index (κ2) is 26.0. The SMILES string of the molecule is CC(CCN1C=C(c2ccc(OCCCS(=O)(=O)[O-])cc2)C=C2C1=N/C(=C\C=C\C1=Nc3c(cc(-c4ccc(OCCCS(=O)(=O)[O-])cc4)c[n+]3CCCCCC(=O)O)C1(C)C)C2(C)C)S(=O)(=O)[O-].[K+].[K+]. The zero-order valence-electron chi connectivity index (χ0n) is 41.3. The number of allylic oxidation sites excluding steroid dienone is 6. The molecule has 6 rings (SSSR count). The summed E-state index contributed by atoms with van der Waals surface area (Å²) >= 11 is 0. The Balaban J connectivity index is 0.00000548. The second-order valence-corrected chi connectivity index (χ2v) is 23.2. The number of carboxylic acids is 1. The average Bonchev–Trinajstić information content (AvgIpc) is 3.68. The van der Waals surface area contributed by atoms with Gasteiger partial charge in [-0.2, -0.15) is 0 Å². The minimum atomic E-state index is -4.53. The summed E-state index contributed by atoms with van der Waals surface area (Å²) in [5.41, 5.74) is 5.70. The van der Waals surface area contributed by atoms with Gasteiger partial charge >= 0.3 is 115 Å². The Kier molecular flexibility index (Phi) is 22.5. The number of rotatable bonds is 24. The van der Waals surface area contributed by atoms with Crippen LogP contribution in [0.2, 0.25) is 0 Å². The predicted octanol–water partition coefficient (Wildman–Crippen LogP) is 0.771. The van der Waals surface area contributed by atoms with E-state index in [0.29, 0.717) is 30.3 Å². The molecule has 0 saturated heterocycles. The van der Waals surface area contributed by atoms with E-state index in [1.54, 1.807) is 24.3 Å². The molecule has 2 aromatic carbocycles. The van der Waals surface area contributed by atoms with Crippen LogP contribution in [0.4, 0.5) is 5.82 Å². The summed E-state index contributed by atoms with van der Waals surface area (Å²) in [7, 11) is -13.2. The molecule has 0 saturated carbocycles. The molecule has 71 heavy (non-hydrogen) atoms. The normalized spacial score (nSPS) is 17.0. The Bertz CT molecular complexity index is 2950. The van der Waals surface area contributed by atoms with Gasteiger partial charge in [0.1, 0.15) is 17.3 Å². The largest absolute Gasteiger partial charge is 1.00 e. The quantitative estimate of drug-likeness (QED) is 0.0563. The molecule has 22 heteroatoms. The number of nitrogens with zero attached hydrogens (tertiary/aromatic N) is 4. The van der Waals surface area contributed by atoms with Crippen LogP contribution in [0.3, 0.4) is 0 Å². The summed E-state index contributed by atoms with van der Waals surface area (Å²) in [5, 5.41) is 8.05. The van der Waals surface area contributed by atoms with Gasteiger partial charge in [0, 0.05) is 52.5 Å². The number of hydrogen-bond donors (Lipinski definition) is 1. The van der Waals surface area contributed by atoms with Crippen LogP contribution in [0.1, 0.15) is 90.7 Å². The topological polar surface area (TPSA) is 259 Å². The molecule has 3 aliphatic rings. The molecule has 1 aromatic heterocycles. The number of pyridine rings is 1. The third-order valence-electron chi connectivity index (χ3n) is 12.4. The van der Waals surface area contributed by atoms with Crippen molar-refractivity contribution in [1.29, 1.82) is 0 Å². The summed E-state index contributed by atoms with van der Waals surface area (Å²) in [5.74, 6) is 0.585. The summed E-state index contributed by atoms with van der Waals surface area (Å²) in [6, 6.07) is 16.7. The van der Waals surface area contributed by atoms with Crippen molar-refractivity contribution < 1.29 is 166 Å². The van der Waals surface area contributed by atoms with E-state index < -0.39 is 63.9 Å². The third kappa shape index (κ3) is 17.1. The first-order valence-corrected chi connectivity index (χ1v) is 27.3. The number of ether oxygens (including phenoxy) is 2. The van der Waals surface area contributed by atoms with Crippen LogP contribution in [0, 0.1) is 5.41 Å². The number of unbranched alkanes of at least 4 members (excludes halogenated alkanes) is 2. The van der Waals surface area contributed by atoms with E-state index in [4.69, 9.17) is 19.5 Å². The number of carboxylic acid groups (broad SMARTS) is 1. The van der Waals surface area contributed by atoms with Gasteiger partial charge in [-0.05, 0) is 130 Å². The number of aliphatic imine (C=N–C) groups is 2. The third-order valence-corrected chi connectivity index (χ3v) is 15.2. The van der Waals surface area contributed by atoms with E-state index in [-0.39, 0.29) is 148 Å². The van der Waals surface area contributed by atoms with Crippen molar-refractivity contribution in [1.82, 2.24) is 4.90 Å². The second-order valence-electron chi connectivity index (χ2n) is 18.4. The Hall–Kier alpha value is -2.24. The molecule has 0 bridgehead atoms. The Morgan fingerprint density at radius 2 is 1.37 bits per heavy atom. The maximum absolute atomic E-state index is 11.9. The monoisotopic (exact) mass is 1080 g/mol. The van der Waals surface area contributed by atoms with Gasteiger partial charge in [0.05, 0.1) is 73.0 Å². The Morgan fingerprint density at radius 1 is 0.789 bits per heavy atom. The number of fused-ring (bicyclic) bond motifs is 2. The molecular weight excluding hydrogens is 1030 g/mol. The van der Waals surface area contributed by atoms with E-state index in [1.165, 1.54) is 6.92 Å². The standard InChI is InChI=1S/C49H60N4O13S3.2K/c1-34(69(62,63)64)23-25-53-33-38(36-17-21-40(22-18-36)66-27-11-29-68(59,60)61)31-42-47(53)51-44(49(42,4)5)13-9-12-43-48(2,3)41-30-37(32-52(46(41)50-43)24-8-6-7-14-45(54)55)35-15-19-39(20-16-35)65-26-10-28-67(56,57)58;;/h9,12-13,15-22,30-34H,6-8,10-11,14,23-29H2,1-5H3,(H3-,54,55,56,57,58,59,60,61,62,63,64);;/q;2*+1/p-2. The van der Waals surface area contributed by atoms with Gasteiger partial charge in [-0.25, -0.2) is 34.8 Å². The summed E-state index contributed by atoms with van der Waals surface area (Å²) in [6.07, 6.45) is 14.1. The molecule has 372 valence electrons. The van der Waals surface area contributed by atoms with Crippen molar-refractivity contribution in [3.8, 4) is 22.6 Å². The molecule has 4 heterocycles. The van der Waals surface area contributed by atoms with Crippen molar-refractivity contribution in [3.05, 3.63) is 114 Å². The number of carbonyl (C=O) groups is 1. The van der Waals surface area contributed by atoms with E-state index in [1.807, 2.05) is 79.7 Å². The Labute approximate surface area is 502 Å². The van der Waals surface area contributed by atoms with Crippen molar-refractivity contribution in [2.75, 3.05) is 31.3 Å². The van der Waals surface area contributed by atoms with Gasteiger partial charge < -0.3 is 33.1 Å². The fraction of sp³-hybridized carbons (Fsp3) is 0.429. The van der Waals surface area contributed by atoms with Gasteiger partial charge in [-0.3, -0.25) is 4.79 Å². The van der Waals surface area contributed by atoms with Crippen LogP contribution in [0.5, 0.6) is 11.5 Å². The zero-order valence-corrected chi connectivity index (χ0v) is 50.0. The molecular formula is C49H58K2N4O13S3. The number of aliphatic carboxylic acids is 1. The fourth-order valence-electron chi connectivity index (χ4n) is 8.15. The molecule has 17 nitrogen and oxygen atoms in total. The molecule has 0 spiro atoms. The first-order valence-electron chi connectivity index (χ1n) is 22.7. The average molecular weight is 1090 g/mol. The van der Waals surface area contributed by atoms with Crippen LogP contribution in [0.15, 0.2) is 113 Å². The first kappa shape index (κ1) is 61.3. The van der Waals surface area contributed by atoms with Gasteiger partial charge in [-0.15, -0.1) is 0 Å². The maximum atomic E-state index is 11.9. The molecule has 3 aromatic rings. The smallest absolute Gasteiger partial charge is 0.748 e.